The molecule has 0 unspecified atom stereocenters. The number of hydrogen-bond donors (Lipinski definition) is 0. The van der Waals surface area contributed by atoms with E-state index in [0.717, 1.165) is 0 Å². The van der Waals surface area contributed by atoms with Gasteiger partial charge < -0.3 is 0 Å². The van der Waals surface area contributed by atoms with E-state index in [1.165, 1.54) is 133 Å². The fourth-order valence-electron chi connectivity index (χ4n) is 12.3. The lowest BCUT2D eigenvalue weighted by Gasteiger charge is -2.23. The summed E-state index contributed by atoms with van der Waals surface area (Å²) in [6.07, 6.45) is 0. The standard InChI is InChI=1S/C52H28B2N4/c1-3-14-37-32(10-1)33-12-7-20-44-48(33)53(37)39-15-9-21-45-51(39)58(44)47-28-31-23-22-30(27-46(31)55(45)47)29-24-25-38-36(26-29)34-13-8-19-43-49(34)54(38)50-35-11-2-4-16-40(35)56-41-17-5-6-18-42(41)57(43)52(50)56/h1-28H. The molecule has 0 saturated heterocycles. The second kappa shape index (κ2) is 9.56. The normalized spacial score (nSPS) is 13.8. The molecule has 0 aliphatic carbocycles. The van der Waals surface area contributed by atoms with E-state index in [-0.39, 0.29) is 13.4 Å². The van der Waals surface area contributed by atoms with E-state index >= 15 is 0 Å². The SMILES string of the molecule is c1ccc2c(c1)B1c3c-2cccc3-n2c3c1cccc3n1c3cc(-c4ccc5c(c4)-c4cccc6c4B5c4c5ccccc5n5c7ccccc7n-6c45)ccc3cc21. The van der Waals surface area contributed by atoms with E-state index in [0.29, 0.717) is 0 Å². The van der Waals surface area contributed by atoms with E-state index in [9.17, 15) is 0 Å². The third kappa shape index (κ3) is 3.06. The Morgan fingerprint density at radius 2 is 1.02 bits per heavy atom. The average molecular weight is 730 g/mol. The zero-order valence-corrected chi connectivity index (χ0v) is 31.1. The molecule has 0 N–H and O–H groups in total. The van der Waals surface area contributed by atoms with Gasteiger partial charge in [0.05, 0.1) is 33.1 Å². The molecule has 8 aromatic carbocycles. The summed E-state index contributed by atoms with van der Waals surface area (Å²) in [5, 5.41) is 2.60. The molecule has 4 aliphatic rings. The number of aromatic nitrogens is 4. The molecule has 0 radical (unpaired) electrons. The number of para-hydroxylation sites is 4. The van der Waals surface area contributed by atoms with Crippen molar-refractivity contribution >= 4 is 101 Å². The molecule has 16 rings (SSSR count). The molecule has 4 nitrogen and oxygen atoms in total. The smallest absolute Gasteiger partial charge is 0.251 e. The highest BCUT2D eigenvalue weighted by atomic mass is 15.2. The molecule has 0 atom stereocenters. The number of hydrogen-bond acceptors (Lipinski definition) is 0. The monoisotopic (exact) mass is 730 g/mol. The quantitative estimate of drug-likeness (QED) is 0.155. The third-order valence-electron chi connectivity index (χ3n) is 14.4. The minimum absolute atomic E-state index is 0.176. The minimum Gasteiger partial charge on any atom is -0.295 e. The third-order valence-corrected chi connectivity index (χ3v) is 14.4. The summed E-state index contributed by atoms with van der Waals surface area (Å²) in [6, 6.07) is 64.4. The molecular formula is C52H28B2N4. The largest absolute Gasteiger partial charge is 0.295 e. The summed E-state index contributed by atoms with van der Waals surface area (Å²) < 4.78 is 10.1. The Morgan fingerprint density at radius 1 is 0.362 bits per heavy atom. The van der Waals surface area contributed by atoms with Gasteiger partial charge in [0.15, 0.2) is 0 Å². The molecule has 6 heteroatoms. The number of fused-ring (bicyclic) bond motifs is 21. The molecule has 0 fully saturated rings. The van der Waals surface area contributed by atoms with Crippen LogP contribution in [-0.2, 0) is 0 Å². The fourth-order valence-corrected chi connectivity index (χ4v) is 12.3. The van der Waals surface area contributed by atoms with Gasteiger partial charge in [0.1, 0.15) is 11.3 Å². The first-order valence-electron chi connectivity index (χ1n) is 20.4. The zero-order valence-electron chi connectivity index (χ0n) is 31.1. The topological polar surface area (TPSA) is 18.7 Å². The second-order valence-electron chi connectivity index (χ2n) is 16.8. The lowest BCUT2D eigenvalue weighted by atomic mass is 9.37. The van der Waals surface area contributed by atoms with Crippen LogP contribution in [-0.4, -0.2) is 31.4 Å². The zero-order chi connectivity index (χ0) is 37.1. The lowest BCUT2D eigenvalue weighted by Crippen LogP contribution is -2.53. The van der Waals surface area contributed by atoms with Crippen LogP contribution in [0, 0.1) is 0 Å². The van der Waals surface area contributed by atoms with Crippen molar-refractivity contribution in [3.05, 3.63) is 170 Å². The van der Waals surface area contributed by atoms with Crippen molar-refractivity contribution in [1.82, 2.24) is 17.9 Å². The summed E-state index contributed by atoms with van der Waals surface area (Å²) in [6.45, 7) is 0.425. The maximum atomic E-state index is 2.54. The molecule has 0 spiro atoms. The highest BCUT2D eigenvalue weighted by Gasteiger charge is 2.44. The van der Waals surface area contributed by atoms with Gasteiger partial charge in [-0.15, -0.1) is 0 Å². The molecule has 4 aromatic heterocycles. The first-order chi connectivity index (χ1) is 28.8. The summed E-state index contributed by atoms with van der Waals surface area (Å²) in [5.74, 6) is 0. The Morgan fingerprint density at radius 3 is 1.93 bits per heavy atom. The van der Waals surface area contributed by atoms with Crippen molar-refractivity contribution in [2.45, 2.75) is 0 Å². The van der Waals surface area contributed by atoms with Crippen LogP contribution in [0.4, 0.5) is 0 Å². The summed E-state index contributed by atoms with van der Waals surface area (Å²) in [5.41, 5.74) is 29.1. The van der Waals surface area contributed by atoms with Crippen LogP contribution >= 0.6 is 0 Å². The van der Waals surface area contributed by atoms with E-state index in [1.54, 1.807) is 0 Å². The first kappa shape index (κ1) is 28.9. The average Bonchev–Trinajstić information content (AvgIpc) is 4.11. The Hall–Kier alpha value is -7.43. The molecule has 8 heterocycles. The predicted molar refractivity (Wildman–Crippen MR) is 243 cm³/mol. The van der Waals surface area contributed by atoms with E-state index in [2.05, 4.69) is 188 Å². The number of imidazole rings is 2. The summed E-state index contributed by atoms with van der Waals surface area (Å²) in [7, 11) is 0. The highest BCUT2D eigenvalue weighted by molar-refractivity contribution is 7.02. The lowest BCUT2D eigenvalue weighted by molar-refractivity contribution is 1.16. The molecule has 4 aliphatic heterocycles. The Kier molecular flexibility index (Phi) is 4.77. The van der Waals surface area contributed by atoms with Crippen molar-refractivity contribution in [3.63, 3.8) is 0 Å². The fraction of sp³-hybridized carbons (Fsp3) is 0. The first-order valence-corrected chi connectivity index (χ1v) is 20.4. The maximum Gasteiger partial charge on any atom is 0.251 e. The Labute approximate surface area is 332 Å². The van der Waals surface area contributed by atoms with E-state index in [1.807, 2.05) is 0 Å². The van der Waals surface area contributed by atoms with Crippen molar-refractivity contribution in [3.8, 4) is 44.8 Å². The van der Waals surface area contributed by atoms with Gasteiger partial charge in [-0.25, -0.2) is 0 Å². The summed E-state index contributed by atoms with van der Waals surface area (Å²) >= 11 is 0. The number of benzene rings is 8. The molecule has 0 bridgehead atoms. The van der Waals surface area contributed by atoms with Crippen LogP contribution in [0.2, 0.25) is 0 Å². The van der Waals surface area contributed by atoms with Gasteiger partial charge in [0.2, 0.25) is 6.71 Å². The van der Waals surface area contributed by atoms with Crippen molar-refractivity contribution in [2.24, 2.45) is 0 Å². The maximum absolute atomic E-state index is 2.54. The molecule has 12 aromatic rings. The van der Waals surface area contributed by atoms with Crippen molar-refractivity contribution in [1.29, 1.82) is 0 Å². The van der Waals surface area contributed by atoms with Gasteiger partial charge in [0.25, 0.3) is 6.71 Å². The van der Waals surface area contributed by atoms with Gasteiger partial charge >= 0.3 is 0 Å². The van der Waals surface area contributed by atoms with Gasteiger partial charge in [-0.1, -0.05) is 126 Å². The molecule has 0 amide bonds. The minimum atomic E-state index is 0.176. The van der Waals surface area contributed by atoms with Gasteiger partial charge in [-0.3, -0.25) is 17.9 Å². The highest BCUT2D eigenvalue weighted by Crippen LogP contribution is 2.40. The second-order valence-corrected chi connectivity index (χ2v) is 16.8. The molecule has 58 heavy (non-hydrogen) atoms. The van der Waals surface area contributed by atoms with Gasteiger partial charge in [0, 0.05) is 16.8 Å². The van der Waals surface area contributed by atoms with Crippen LogP contribution in [0.25, 0.3) is 99.9 Å². The summed E-state index contributed by atoms with van der Waals surface area (Å²) in [4.78, 5) is 0. The van der Waals surface area contributed by atoms with Crippen LogP contribution in [0.1, 0.15) is 0 Å². The van der Waals surface area contributed by atoms with Crippen LogP contribution in [0.15, 0.2) is 170 Å². The number of nitrogens with zero attached hydrogens (tertiary/aromatic N) is 4. The van der Waals surface area contributed by atoms with Gasteiger partial charge in [-0.2, -0.15) is 0 Å². The number of rotatable bonds is 1. The van der Waals surface area contributed by atoms with Crippen LogP contribution in [0.3, 0.4) is 0 Å². The Bertz CT molecular complexity index is 3950. The Balaban J connectivity index is 0.918. The van der Waals surface area contributed by atoms with E-state index < -0.39 is 0 Å². The predicted octanol–water partition coefficient (Wildman–Crippen LogP) is 7.67. The van der Waals surface area contributed by atoms with Gasteiger partial charge in [-0.05, 0) is 115 Å². The van der Waals surface area contributed by atoms with E-state index in [4.69, 9.17) is 0 Å². The van der Waals surface area contributed by atoms with Crippen LogP contribution in [0.5, 0.6) is 0 Å². The molecule has 0 saturated carbocycles. The molecule has 262 valence electrons. The van der Waals surface area contributed by atoms with Crippen LogP contribution < -0.4 is 32.8 Å². The molecular weight excluding hydrogens is 702 g/mol. The van der Waals surface area contributed by atoms with Crippen molar-refractivity contribution < 1.29 is 0 Å². The van der Waals surface area contributed by atoms with Crippen molar-refractivity contribution in [2.75, 3.05) is 0 Å².